The first-order chi connectivity index (χ1) is 6.90. The summed E-state index contributed by atoms with van der Waals surface area (Å²) >= 11 is 0. The number of hydrogen-bond donors (Lipinski definition) is 1. The lowest BCUT2D eigenvalue weighted by atomic mass is 10.1. The fourth-order valence-electron chi connectivity index (χ4n) is 1.72. The van der Waals surface area contributed by atoms with E-state index in [-0.39, 0.29) is 0 Å². The Morgan fingerprint density at radius 3 is 3.07 bits per heavy atom. The maximum atomic E-state index is 4.20. The number of rotatable bonds is 4. The molecule has 14 heavy (non-hydrogen) atoms. The van der Waals surface area contributed by atoms with Crippen LogP contribution in [0.4, 0.5) is 0 Å². The van der Waals surface area contributed by atoms with Gasteiger partial charge in [0.1, 0.15) is 0 Å². The van der Waals surface area contributed by atoms with Gasteiger partial charge in [0.15, 0.2) is 0 Å². The van der Waals surface area contributed by atoms with E-state index in [2.05, 4.69) is 35.1 Å². The minimum absolute atomic E-state index is 1.06. The zero-order valence-electron chi connectivity index (χ0n) is 8.59. The molecule has 2 aromatic rings. The number of fused-ring (bicyclic) bond motifs is 1. The van der Waals surface area contributed by atoms with Crippen molar-refractivity contribution in [1.29, 1.82) is 0 Å². The molecule has 0 bridgehead atoms. The maximum absolute atomic E-state index is 4.20. The molecule has 0 amide bonds. The fourth-order valence-corrected chi connectivity index (χ4v) is 1.72. The number of aryl methyl sites for hydroxylation is 1. The van der Waals surface area contributed by atoms with Crippen LogP contribution in [-0.4, -0.2) is 9.97 Å². The summed E-state index contributed by atoms with van der Waals surface area (Å²) in [6.45, 7) is 2.23. The molecule has 0 spiro atoms. The van der Waals surface area contributed by atoms with Gasteiger partial charge in [0.2, 0.25) is 0 Å². The highest BCUT2D eigenvalue weighted by Gasteiger charge is 1.97. The summed E-state index contributed by atoms with van der Waals surface area (Å²) in [4.78, 5) is 7.34. The van der Waals surface area contributed by atoms with E-state index in [4.69, 9.17) is 0 Å². The number of aromatic nitrogens is 2. The van der Waals surface area contributed by atoms with E-state index in [0.717, 1.165) is 11.0 Å². The van der Waals surface area contributed by atoms with Crippen molar-refractivity contribution >= 4 is 11.0 Å². The van der Waals surface area contributed by atoms with Gasteiger partial charge in [-0.05, 0) is 30.5 Å². The molecule has 2 heteroatoms. The summed E-state index contributed by atoms with van der Waals surface area (Å²) < 4.78 is 0. The Balaban J connectivity index is 2.10. The van der Waals surface area contributed by atoms with Crippen molar-refractivity contribution in [2.75, 3.05) is 0 Å². The van der Waals surface area contributed by atoms with E-state index in [1.54, 1.807) is 6.33 Å². The normalized spacial score (nSPS) is 10.9. The number of hydrogen-bond acceptors (Lipinski definition) is 1. The van der Waals surface area contributed by atoms with Crippen LogP contribution >= 0.6 is 0 Å². The fraction of sp³-hybridized carbons (Fsp3) is 0.417. The quantitative estimate of drug-likeness (QED) is 0.733. The minimum atomic E-state index is 1.06. The highest BCUT2D eigenvalue weighted by molar-refractivity contribution is 5.74. The minimum Gasteiger partial charge on any atom is -0.345 e. The number of aromatic amines is 1. The van der Waals surface area contributed by atoms with Gasteiger partial charge in [0.25, 0.3) is 0 Å². The van der Waals surface area contributed by atoms with E-state index in [0.29, 0.717) is 0 Å². The second-order valence-corrected chi connectivity index (χ2v) is 3.71. The molecule has 0 saturated heterocycles. The Kier molecular flexibility index (Phi) is 2.82. The van der Waals surface area contributed by atoms with Gasteiger partial charge in [-0.1, -0.05) is 25.8 Å². The zero-order chi connectivity index (χ0) is 9.80. The Hall–Kier alpha value is -1.31. The average molecular weight is 188 g/mol. The summed E-state index contributed by atoms with van der Waals surface area (Å²) in [5.74, 6) is 0. The van der Waals surface area contributed by atoms with Crippen LogP contribution < -0.4 is 0 Å². The predicted molar refractivity (Wildman–Crippen MR) is 59.3 cm³/mol. The summed E-state index contributed by atoms with van der Waals surface area (Å²) in [7, 11) is 0. The largest absolute Gasteiger partial charge is 0.345 e. The van der Waals surface area contributed by atoms with Crippen molar-refractivity contribution in [3.8, 4) is 0 Å². The van der Waals surface area contributed by atoms with Gasteiger partial charge in [-0.3, -0.25) is 0 Å². The number of benzene rings is 1. The van der Waals surface area contributed by atoms with E-state index in [1.807, 2.05) is 0 Å². The first-order valence-corrected chi connectivity index (χ1v) is 5.32. The molecule has 0 radical (unpaired) electrons. The predicted octanol–water partition coefficient (Wildman–Crippen LogP) is 3.30. The van der Waals surface area contributed by atoms with Gasteiger partial charge in [0, 0.05) is 0 Å². The molecule has 1 aromatic heterocycles. The van der Waals surface area contributed by atoms with Crippen LogP contribution in [-0.2, 0) is 6.42 Å². The Labute approximate surface area is 84.4 Å². The lowest BCUT2D eigenvalue weighted by Gasteiger charge is -1.99. The molecule has 0 aliphatic heterocycles. The van der Waals surface area contributed by atoms with E-state index in [9.17, 15) is 0 Å². The number of imidazole rings is 1. The highest BCUT2D eigenvalue weighted by Crippen LogP contribution is 2.13. The monoisotopic (exact) mass is 188 g/mol. The van der Waals surface area contributed by atoms with Crippen molar-refractivity contribution in [1.82, 2.24) is 9.97 Å². The van der Waals surface area contributed by atoms with Crippen LogP contribution in [0.5, 0.6) is 0 Å². The topological polar surface area (TPSA) is 28.7 Å². The van der Waals surface area contributed by atoms with Gasteiger partial charge >= 0.3 is 0 Å². The van der Waals surface area contributed by atoms with Crippen LogP contribution in [0.25, 0.3) is 11.0 Å². The molecule has 1 heterocycles. The number of unbranched alkanes of at least 4 members (excludes halogenated alkanes) is 2. The molecule has 74 valence electrons. The Bertz CT molecular complexity index is 403. The van der Waals surface area contributed by atoms with Crippen molar-refractivity contribution in [2.24, 2.45) is 0 Å². The van der Waals surface area contributed by atoms with Crippen LogP contribution in [0.1, 0.15) is 31.7 Å². The van der Waals surface area contributed by atoms with Gasteiger partial charge in [-0.2, -0.15) is 0 Å². The Morgan fingerprint density at radius 1 is 1.29 bits per heavy atom. The van der Waals surface area contributed by atoms with Crippen LogP contribution in [0.3, 0.4) is 0 Å². The molecule has 0 atom stereocenters. The van der Waals surface area contributed by atoms with E-state index < -0.39 is 0 Å². The number of nitrogens with one attached hydrogen (secondary N) is 1. The van der Waals surface area contributed by atoms with E-state index in [1.165, 1.54) is 31.2 Å². The molecular weight excluding hydrogens is 172 g/mol. The lowest BCUT2D eigenvalue weighted by molar-refractivity contribution is 0.718. The maximum Gasteiger partial charge on any atom is 0.0931 e. The third-order valence-corrected chi connectivity index (χ3v) is 2.55. The van der Waals surface area contributed by atoms with Crippen molar-refractivity contribution in [3.05, 3.63) is 30.1 Å². The lowest BCUT2D eigenvalue weighted by Crippen LogP contribution is -1.85. The van der Waals surface area contributed by atoms with Crippen LogP contribution in [0.2, 0.25) is 0 Å². The third kappa shape index (κ3) is 1.95. The summed E-state index contributed by atoms with van der Waals surface area (Å²) in [6.07, 6.45) is 6.83. The average Bonchev–Trinajstić information content (AvgIpc) is 2.65. The van der Waals surface area contributed by atoms with Gasteiger partial charge in [-0.15, -0.1) is 0 Å². The Morgan fingerprint density at radius 2 is 2.21 bits per heavy atom. The molecule has 2 nitrogen and oxygen atoms in total. The standard InChI is InChI=1S/C12H16N2/c1-2-3-4-5-10-6-7-11-12(8-10)14-9-13-11/h6-9H,2-5H2,1H3,(H,13,14). The van der Waals surface area contributed by atoms with Crippen LogP contribution in [0.15, 0.2) is 24.5 Å². The SMILES string of the molecule is CCCCCc1ccc2nc[nH]c2c1. The van der Waals surface area contributed by atoms with Crippen molar-refractivity contribution < 1.29 is 0 Å². The molecule has 1 N–H and O–H groups in total. The zero-order valence-corrected chi connectivity index (χ0v) is 8.59. The van der Waals surface area contributed by atoms with Gasteiger partial charge in [-0.25, -0.2) is 4.98 Å². The van der Waals surface area contributed by atoms with Gasteiger partial charge < -0.3 is 4.98 Å². The second-order valence-electron chi connectivity index (χ2n) is 3.71. The van der Waals surface area contributed by atoms with Crippen molar-refractivity contribution in [2.45, 2.75) is 32.6 Å². The molecule has 0 aliphatic rings. The highest BCUT2D eigenvalue weighted by atomic mass is 14.9. The smallest absolute Gasteiger partial charge is 0.0931 e. The molecule has 0 aliphatic carbocycles. The van der Waals surface area contributed by atoms with Crippen LogP contribution in [0, 0.1) is 0 Å². The number of nitrogens with zero attached hydrogens (tertiary/aromatic N) is 1. The molecular formula is C12H16N2. The first kappa shape index (κ1) is 9.25. The molecule has 0 saturated carbocycles. The first-order valence-electron chi connectivity index (χ1n) is 5.32. The third-order valence-electron chi connectivity index (χ3n) is 2.55. The van der Waals surface area contributed by atoms with E-state index >= 15 is 0 Å². The summed E-state index contributed by atoms with van der Waals surface area (Å²) in [5, 5.41) is 0. The molecule has 0 fully saturated rings. The van der Waals surface area contributed by atoms with Gasteiger partial charge in [0.05, 0.1) is 17.4 Å². The summed E-state index contributed by atoms with van der Waals surface area (Å²) in [5.41, 5.74) is 3.62. The second kappa shape index (κ2) is 4.27. The van der Waals surface area contributed by atoms with Crippen molar-refractivity contribution in [3.63, 3.8) is 0 Å². The summed E-state index contributed by atoms with van der Waals surface area (Å²) in [6, 6.07) is 6.48. The molecule has 2 rings (SSSR count). The molecule has 1 aromatic carbocycles. The molecule has 0 unspecified atom stereocenters. The number of H-pyrrole nitrogens is 1.